The first-order chi connectivity index (χ1) is 15.4. The van der Waals surface area contributed by atoms with Crippen LogP contribution < -0.4 is 4.90 Å². The molecule has 0 saturated carbocycles. The van der Waals surface area contributed by atoms with E-state index in [1.807, 2.05) is 17.0 Å². The van der Waals surface area contributed by atoms with Gasteiger partial charge in [0, 0.05) is 26.2 Å². The number of aryl methyl sites for hydroxylation is 2. The first kappa shape index (κ1) is 23.4. The number of carbonyl (C=O) groups is 3. The van der Waals surface area contributed by atoms with Crippen LogP contribution in [0.3, 0.4) is 0 Å². The normalized spacial score (nSPS) is 16.1. The van der Waals surface area contributed by atoms with E-state index in [0.29, 0.717) is 6.54 Å². The maximum Gasteiger partial charge on any atom is 0.414 e. The Hall–Kier alpha value is -3.23. The molecule has 2 aliphatic heterocycles. The molecule has 0 spiro atoms. The molecule has 0 atom stereocenters. The molecule has 2 heterocycles. The lowest BCUT2D eigenvalue weighted by Gasteiger charge is -2.35. The molecule has 0 bridgehead atoms. The predicted molar refractivity (Wildman–Crippen MR) is 121 cm³/mol. The van der Waals surface area contributed by atoms with Crippen LogP contribution in [0.2, 0.25) is 0 Å². The second-order valence-electron chi connectivity index (χ2n) is 7.81. The molecule has 2 N–H and O–H groups in total. The number of hydrogen-bond acceptors (Lipinski definition) is 5. The van der Waals surface area contributed by atoms with Crippen molar-refractivity contribution in [2.24, 2.45) is 0 Å². The number of amides is 1. The number of anilines is 2. The Morgan fingerprint density at radius 3 is 1.62 bits per heavy atom. The van der Waals surface area contributed by atoms with Crippen molar-refractivity contribution < 1.29 is 24.6 Å². The van der Waals surface area contributed by atoms with Gasteiger partial charge >= 0.3 is 11.9 Å². The van der Waals surface area contributed by atoms with Gasteiger partial charge in [-0.15, -0.1) is 0 Å². The fraction of sp³-hybridized carbons (Fsp3) is 0.375. The van der Waals surface area contributed by atoms with E-state index >= 15 is 0 Å². The van der Waals surface area contributed by atoms with E-state index in [9.17, 15) is 4.79 Å². The van der Waals surface area contributed by atoms with Gasteiger partial charge < -0.3 is 15.1 Å². The highest BCUT2D eigenvalue weighted by Crippen LogP contribution is 2.36. The van der Waals surface area contributed by atoms with E-state index in [0.717, 1.165) is 56.9 Å². The monoisotopic (exact) mass is 439 g/mol. The summed E-state index contributed by atoms with van der Waals surface area (Å²) in [5.74, 6) is -3.47. The third-order valence-corrected chi connectivity index (χ3v) is 5.83. The second kappa shape index (κ2) is 10.9. The van der Waals surface area contributed by atoms with Gasteiger partial charge in [-0.3, -0.25) is 14.6 Å². The van der Waals surface area contributed by atoms with Crippen LogP contribution in [0.4, 0.5) is 11.4 Å². The molecule has 1 amide bonds. The van der Waals surface area contributed by atoms with Crippen molar-refractivity contribution in [2.45, 2.75) is 19.8 Å². The Labute approximate surface area is 187 Å². The van der Waals surface area contributed by atoms with Crippen LogP contribution in [0, 0.1) is 0 Å². The van der Waals surface area contributed by atoms with Crippen LogP contribution in [-0.4, -0.2) is 77.1 Å². The van der Waals surface area contributed by atoms with Crippen molar-refractivity contribution in [3.8, 4) is 0 Å². The van der Waals surface area contributed by atoms with Crippen LogP contribution in [0.1, 0.15) is 18.1 Å². The average molecular weight is 440 g/mol. The van der Waals surface area contributed by atoms with Crippen molar-refractivity contribution in [3.05, 3.63) is 59.7 Å². The highest BCUT2D eigenvalue weighted by atomic mass is 16.4. The molecule has 170 valence electrons. The Bertz CT molecular complexity index is 910. The number of para-hydroxylation sites is 2. The zero-order valence-corrected chi connectivity index (χ0v) is 18.2. The van der Waals surface area contributed by atoms with Crippen LogP contribution in [0.15, 0.2) is 48.5 Å². The second-order valence-corrected chi connectivity index (χ2v) is 7.81. The Kier molecular flexibility index (Phi) is 7.97. The number of hydrogen-bond donors (Lipinski definition) is 2. The van der Waals surface area contributed by atoms with Crippen LogP contribution in [0.25, 0.3) is 0 Å². The van der Waals surface area contributed by atoms with Gasteiger partial charge in [-0.05, 0) is 42.6 Å². The minimum Gasteiger partial charge on any atom is -0.473 e. The number of carboxylic acids is 2. The summed E-state index contributed by atoms with van der Waals surface area (Å²) in [7, 11) is 0. The van der Waals surface area contributed by atoms with Crippen molar-refractivity contribution in [2.75, 3.05) is 44.2 Å². The van der Waals surface area contributed by atoms with Crippen LogP contribution in [0.5, 0.6) is 0 Å². The molecule has 4 rings (SSSR count). The molecular weight excluding hydrogens is 410 g/mol. The first-order valence-electron chi connectivity index (χ1n) is 10.8. The third-order valence-electron chi connectivity index (χ3n) is 5.83. The molecular formula is C24H29N3O5. The number of likely N-dealkylation sites (N-methyl/N-ethyl adjacent to an activating group) is 1. The fourth-order valence-corrected chi connectivity index (χ4v) is 4.07. The van der Waals surface area contributed by atoms with E-state index in [2.05, 4.69) is 53.1 Å². The van der Waals surface area contributed by atoms with Crippen LogP contribution >= 0.6 is 0 Å². The number of fused-ring (bicyclic) bond motifs is 2. The summed E-state index contributed by atoms with van der Waals surface area (Å²) in [6, 6.07) is 16.7. The average Bonchev–Trinajstić information content (AvgIpc) is 2.97. The van der Waals surface area contributed by atoms with E-state index in [-0.39, 0.29) is 5.91 Å². The molecule has 32 heavy (non-hydrogen) atoms. The molecule has 1 saturated heterocycles. The van der Waals surface area contributed by atoms with Gasteiger partial charge in [0.15, 0.2) is 0 Å². The minimum atomic E-state index is -1.82. The number of rotatable bonds is 3. The topological polar surface area (TPSA) is 101 Å². The number of carboxylic acid groups (broad SMARTS) is 2. The zero-order valence-electron chi connectivity index (χ0n) is 18.2. The lowest BCUT2D eigenvalue weighted by molar-refractivity contribution is -0.159. The maximum atomic E-state index is 13.4. The molecule has 0 radical (unpaired) electrons. The molecule has 8 heteroatoms. The lowest BCUT2D eigenvalue weighted by atomic mass is 10.0. The number of piperazine rings is 1. The number of carbonyl (C=O) groups excluding carboxylic acids is 1. The van der Waals surface area contributed by atoms with Crippen LogP contribution in [-0.2, 0) is 27.2 Å². The summed E-state index contributed by atoms with van der Waals surface area (Å²) in [6.07, 6.45) is 1.96. The summed E-state index contributed by atoms with van der Waals surface area (Å²) >= 11 is 0. The summed E-state index contributed by atoms with van der Waals surface area (Å²) in [4.78, 5) is 38.3. The van der Waals surface area contributed by atoms with Gasteiger partial charge in [-0.2, -0.15) is 0 Å². The number of benzene rings is 2. The maximum absolute atomic E-state index is 13.4. The summed E-state index contributed by atoms with van der Waals surface area (Å²) in [5.41, 5.74) is 4.62. The molecule has 2 aliphatic rings. The summed E-state index contributed by atoms with van der Waals surface area (Å²) < 4.78 is 0. The largest absolute Gasteiger partial charge is 0.473 e. The van der Waals surface area contributed by atoms with Crippen molar-refractivity contribution >= 4 is 29.2 Å². The predicted octanol–water partition coefficient (Wildman–Crippen LogP) is 2.24. The standard InChI is InChI=1S/C22H27N3O.C2H2O4/c1-2-23-13-15-24(16-14-23)17-22(26)25-20-9-5-3-7-18(20)11-12-19-8-4-6-10-21(19)25;3-1(4)2(5)6/h3-10H,2,11-17H2,1H3;(H,3,4)(H,5,6). The third kappa shape index (κ3) is 5.72. The van der Waals surface area contributed by atoms with Gasteiger partial charge in [0.1, 0.15) is 0 Å². The van der Waals surface area contributed by atoms with E-state index in [1.165, 1.54) is 11.1 Å². The Morgan fingerprint density at radius 1 is 0.750 bits per heavy atom. The fourth-order valence-electron chi connectivity index (χ4n) is 4.07. The highest BCUT2D eigenvalue weighted by molar-refractivity contribution is 6.27. The highest BCUT2D eigenvalue weighted by Gasteiger charge is 2.27. The Balaban J connectivity index is 0.000000427. The van der Waals surface area contributed by atoms with E-state index in [4.69, 9.17) is 19.8 Å². The number of nitrogens with zero attached hydrogens (tertiary/aromatic N) is 3. The molecule has 8 nitrogen and oxygen atoms in total. The molecule has 2 aromatic carbocycles. The smallest absolute Gasteiger partial charge is 0.414 e. The van der Waals surface area contributed by atoms with Gasteiger partial charge in [0.2, 0.25) is 5.91 Å². The molecule has 2 aromatic rings. The SMILES string of the molecule is CCN1CCN(CC(=O)N2c3ccccc3CCc3ccccc32)CC1.O=C(O)C(=O)O. The van der Waals surface area contributed by atoms with Crippen molar-refractivity contribution in [1.82, 2.24) is 9.80 Å². The van der Waals surface area contributed by atoms with E-state index in [1.54, 1.807) is 0 Å². The molecule has 0 aromatic heterocycles. The first-order valence-corrected chi connectivity index (χ1v) is 10.8. The lowest BCUT2D eigenvalue weighted by Crippen LogP contribution is -2.49. The van der Waals surface area contributed by atoms with Gasteiger partial charge in [0.05, 0.1) is 17.9 Å². The van der Waals surface area contributed by atoms with Gasteiger partial charge in [-0.1, -0.05) is 43.3 Å². The molecule has 0 unspecified atom stereocenters. The minimum absolute atomic E-state index is 0.178. The zero-order chi connectivity index (χ0) is 23.1. The molecule has 0 aliphatic carbocycles. The van der Waals surface area contributed by atoms with Gasteiger partial charge in [0.25, 0.3) is 0 Å². The quantitative estimate of drug-likeness (QED) is 0.708. The Morgan fingerprint density at radius 2 is 1.19 bits per heavy atom. The molecule has 1 fully saturated rings. The number of aliphatic carboxylic acids is 2. The van der Waals surface area contributed by atoms with E-state index < -0.39 is 11.9 Å². The summed E-state index contributed by atoms with van der Waals surface area (Å²) in [6.45, 7) is 7.82. The van der Waals surface area contributed by atoms with Crippen molar-refractivity contribution in [1.29, 1.82) is 0 Å². The summed E-state index contributed by atoms with van der Waals surface area (Å²) in [5, 5.41) is 14.8. The van der Waals surface area contributed by atoms with Gasteiger partial charge in [-0.25, -0.2) is 9.59 Å². The van der Waals surface area contributed by atoms with Crippen molar-refractivity contribution in [3.63, 3.8) is 0 Å².